The molecule has 2 atom stereocenters. The number of hydrogen-bond donors (Lipinski definition) is 1. The molecule has 15 heavy (non-hydrogen) atoms. The van der Waals surface area contributed by atoms with Crippen LogP contribution in [0.5, 0.6) is 0 Å². The molecule has 3 heteroatoms. The largest absolute Gasteiger partial charge is 0.304 e. The number of likely N-dealkylation sites (N-methyl/N-ethyl adjacent to an activating group) is 1. The highest BCUT2D eigenvalue weighted by atomic mass is 15.4. The Balaban J connectivity index is 1.91. The Kier molecular flexibility index (Phi) is 3.33. The van der Waals surface area contributed by atoms with Crippen LogP contribution in [0.2, 0.25) is 0 Å². The zero-order chi connectivity index (χ0) is 10.9. The van der Waals surface area contributed by atoms with E-state index in [4.69, 9.17) is 0 Å². The number of piperazine rings is 1. The van der Waals surface area contributed by atoms with E-state index in [9.17, 15) is 0 Å². The molecular formula is C12H25N3. The molecule has 1 N–H and O–H groups in total. The van der Waals surface area contributed by atoms with Crippen molar-refractivity contribution in [2.75, 3.05) is 39.8 Å². The molecule has 0 saturated carbocycles. The Bertz CT molecular complexity index is 201. The summed E-state index contributed by atoms with van der Waals surface area (Å²) in [6, 6.07) is 0. The molecule has 0 aromatic carbocycles. The maximum absolute atomic E-state index is 3.74. The third kappa shape index (κ3) is 2.52. The first kappa shape index (κ1) is 11.4. The van der Waals surface area contributed by atoms with Gasteiger partial charge in [-0.05, 0) is 39.3 Å². The van der Waals surface area contributed by atoms with Gasteiger partial charge in [-0.3, -0.25) is 10.2 Å². The molecule has 0 amide bonds. The van der Waals surface area contributed by atoms with Crippen molar-refractivity contribution in [1.29, 1.82) is 0 Å². The highest BCUT2D eigenvalue weighted by Crippen LogP contribution is 2.26. The lowest BCUT2D eigenvalue weighted by Crippen LogP contribution is -2.64. The Morgan fingerprint density at radius 3 is 2.40 bits per heavy atom. The highest BCUT2D eigenvalue weighted by molar-refractivity contribution is 4.90. The van der Waals surface area contributed by atoms with Crippen molar-refractivity contribution in [3.63, 3.8) is 0 Å². The minimum Gasteiger partial charge on any atom is -0.304 e. The number of piperidine rings is 1. The van der Waals surface area contributed by atoms with Crippen molar-refractivity contribution in [2.24, 2.45) is 5.92 Å². The van der Waals surface area contributed by atoms with E-state index in [1.165, 1.54) is 45.6 Å². The monoisotopic (exact) mass is 211 g/mol. The quantitative estimate of drug-likeness (QED) is 0.697. The summed E-state index contributed by atoms with van der Waals surface area (Å²) in [5.74, 6) is 0.852. The Labute approximate surface area is 93.8 Å². The lowest BCUT2D eigenvalue weighted by Gasteiger charge is -2.49. The fourth-order valence-electron chi connectivity index (χ4n) is 2.68. The SMILES string of the molecule is C[C@@H]1CC[C@](C)(N2CCN(C)CC2)NC1. The summed E-state index contributed by atoms with van der Waals surface area (Å²) in [7, 11) is 2.22. The van der Waals surface area contributed by atoms with Crippen LogP contribution in [0.1, 0.15) is 26.7 Å². The van der Waals surface area contributed by atoms with Crippen LogP contribution in [0.3, 0.4) is 0 Å². The van der Waals surface area contributed by atoms with Gasteiger partial charge in [-0.1, -0.05) is 6.92 Å². The van der Waals surface area contributed by atoms with Gasteiger partial charge in [0, 0.05) is 26.2 Å². The molecule has 2 rings (SSSR count). The van der Waals surface area contributed by atoms with Crippen LogP contribution in [0.4, 0.5) is 0 Å². The first-order chi connectivity index (χ1) is 7.10. The summed E-state index contributed by atoms with van der Waals surface area (Å²) in [4.78, 5) is 5.06. The van der Waals surface area contributed by atoms with E-state index in [0.29, 0.717) is 0 Å². The van der Waals surface area contributed by atoms with Crippen molar-refractivity contribution in [1.82, 2.24) is 15.1 Å². The fraction of sp³-hybridized carbons (Fsp3) is 1.00. The van der Waals surface area contributed by atoms with E-state index in [2.05, 4.69) is 36.0 Å². The topological polar surface area (TPSA) is 18.5 Å². The second-order valence-corrected chi connectivity index (χ2v) is 5.59. The molecule has 2 aliphatic rings. The Morgan fingerprint density at radius 2 is 1.87 bits per heavy atom. The zero-order valence-electron chi connectivity index (χ0n) is 10.4. The second-order valence-electron chi connectivity index (χ2n) is 5.59. The van der Waals surface area contributed by atoms with Gasteiger partial charge in [0.15, 0.2) is 0 Å². The average molecular weight is 211 g/mol. The van der Waals surface area contributed by atoms with Crippen LogP contribution in [-0.4, -0.2) is 55.2 Å². The minimum atomic E-state index is 0.272. The number of rotatable bonds is 1. The first-order valence-corrected chi connectivity index (χ1v) is 6.29. The predicted molar refractivity (Wildman–Crippen MR) is 63.9 cm³/mol. The molecule has 0 aromatic rings. The van der Waals surface area contributed by atoms with Crippen LogP contribution in [0.25, 0.3) is 0 Å². The molecule has 0 aliphatic carbocycles. The van der Waals surface area contributed by atoms with Crippen molar-refractivity contribution < 1.29 is 0 Å². The molecule has 2 aliphatic heterocycles. The van der Waals surface area contributed by atoms with Gasteiger partial charge >= 0.3 is 0 Å². The van der Waals surface area contributed by atoms with E-state index in [1.54, 1.807) is 0 Å². The third-order valence-electron chi connectivity index (χ3n) is 4.16. The highest BCUT2D eigenvalue weighted by Gasteiger charge is 2.35. The molecule has 88 valence electrons. The molecule has 2 heterocycles. The minimum absolute atomic E-state index is 0.272. The van der Waals surface area contributed by atoms with E-state index < -0.39 is 0 Å². The molecule has 0 bridgehead atoms. The van der Waals surface area contributed by atoms with E-state index in [-0.39, 0.29) is 5.66 Å². The van der Waals surface area contributed by atoms with Gasteiger partial charge in [-0.25, -0.2) is 0 Å². The number of nitrogens with zero attached hydrogens (tertiary/aromatic N) is 2. The molecule has 2 saturated heterocycles. The average Bonchev–Trinajstić information content (AvgIpc) is 2.24. The van der Waals surface area contributed by atoms with Crippen molar-refractivity contribution in [2.45, 2.75) is 32.4 Å². The number of nitrogens with one attached hydrogen (secondary N) is 1. The lowest BCUT2D eigenvalue weighted by atomic mass is 9.91. The molecule has 0 aromatic heterocycles. The maximum Gasteiger partial charge on any atom is 0.0684 e. The molecule has 0 unspecified atom stereocenters. The van der Waals surface area contributed by atoms with Gasteiger partial charge < -0.3 is 4.90 Å². The Hall–Kier alpha value is -0.120. The predicted octanol–water partition coefficient (Wildman–Crippen LogP) is 0.970. The van der Waals surface area contributed by atoms with Crippen molar-refractivity contribution >= 4 is 0 Å². The fourth-order valence-corrected chi connectivity index (χ4v) is 2.68. The van der Waals surface area contributed by atoms with Crippen molar-refractivity contribution in [3.8, 4) is 0 Å². The first-order valence-electron chi connectivity index (χ1n) is 6.29. The summed E-state index contributed by atoms with van der Waals surface area (Å²) in [6.45, 7) is 10.8. The van der Waals surface area contributed by atoms with Crippen LogP contribution < -0.4 is 5.32 Å². The zero-order valence-corrected chi connectivity index (χ0v) is 10.4. The van der Waals surface area contributed by atoms with Crippen LogP contribution in [0, 0.1) is 5.92 Å². The summed E-state index contributed by atoms with van der Waals surface area (Å²) in [5.41, 5.74) is 0.272. The van der Waals surface area contributed by atoms with Crippen LogP contribution >= 0.6 is 0 Å². The van der Waals surface area contributed by atoms with Gasteiger partial charge in [-0.15, -0.1) is 0 Å². The standard InChI is InChI=1S/C12H25N3/c1-11-4-5-12(2,13-10-11)15-8-6-14(3)7-9-15/h11,13H,4-10H2,1-3H3/t11-,12+/m1/s1. The molecule has 0 spiro atoms. The Morgan fingerprint density at radius 1 is 1.20 bits per heavy atom. The van der Waals surface area contributed by atoms with Gasteiger partial charge in [0.2, 0.25) is 0 Å². The summed E-state index contributed by atoms with van der Waals surface area (Å²) in [6.07, 6.45) is 2.67. The maximum atomic E-state index is 3.74. The van der Waals surface area contributed by atoms with E-state index in [1.807, 2.05) is 0 Å². The van der Waals surface area contributed by atoms with E-state index in [0.717, 1.165) is 5.92 Å². The third-order valence-corrected chi connectivity index (χ3v) is 4.16. The van der Waals surface area contributed by atoms with Crippen molar-refractivity contribution in [3.05, 3.63) is 0 Å². The number of hydrogen-bond acceptors (Lipinski definition) is 3. The molecule has 3 nitrogen and oxygen atoms in total. The summed E-state index contributed by atoms with van der Waals surface area (Å²) in [5, 5.41) is 3.74. The van der Waals surface area contributed by atoms with Gasteiger partial charge in [-0.2, -0.15) is 0 Å². The van der Waals surface area contributed by atoms with Gasteiger partial charge in [0.1, 0.15) is 0 Å². The van der Waals surface area contributed by atoms with Crippen LogP contribution in [0.15, 0.2) is 0 Å². The lowest BCUT2D eigenvalue weighted by molar-refractivity contribution is 0.00167. The van der Waals surface area contributed by atoms with E-state index >= 15 is 0 Å². The molecular weight excluding hydrogens is 186 g/mol. The normalized spacial score (nSPS) is 40.6. The van der Waals surface area contributed by atoms with Gasteiger partial charge in [0.25, 0.3) is 0 Å². The smallest absolute Gasteiger partial charge is 0.0684 e. The van der Waals surface area contributed by atoms with Crippen LogP contribution in [-0.2, 0) is 0 Å². The summed E-state index contributed by atoms with van der Waals surface area (Å²) < 4.78 is 0. The molecule has 2 fully saturated rings. The second kappa shape index (κ2) is 4.40. The molecule has 0 radical (unpaired) electrons. The van der Waals surface area contributed by atoms with Gasteiger partial charge in [0.05, 0.1) is 5.66 Å². The summed E-state index contributed by atoms with van der Waals surface area (Å²) >= 11 is 0.